The van der Waals surface area contributed by atoms with E-state index in [1.165, 1.54) is 5.39 Å². The number of hydrogen-bond donors (Lipinski definition) is 0. The Labute approximate surface area is 235 Å². The highest BCUT2D eigenvalue weighted by Crippen LogP contribution is 2.50. The van der Waals surface area contributed by atoms with Crippen LogP contribution in [0.4, 0.5) is 17.5 Å². The minimum absolute atomic E-state index is 0.581. The lowest BCUT2D eigenvalue weighted by Gasteiger charge is -2.31. The molecule has 0 aliphatic carbocycles. The van der Waals surface area contributed by atoms with Crippen molar-refractivity contribution in [3.05, 3.63) is 128 Å². The van der Waals surface area contributed by atoms with Crippen LogP contribution in [-0.4, -0.2) is 19.9 Å². The first-order valence-corrected chi connectivity index (χ1v) is 13.7. The van der Waals surface area contributed by atoms with Crippen molar-refractivity contribution >= 4 is 60.8 Å². The molecular weight excluding hydrogens is 502 g/mol. The molecule has 190 valence electrons. The van der Waals surface area contributed by atoms with Crippen LogP contribution in [0.25, 0.3) is 65.9 Å². The number of anilines is 3. The second-order valence-corrected chi connectivity index (χ2v) is 10.3. The standard InChI is InChI=1S/C36H21N5/c1-2-12-23-22(10-1)11-9-16-26(23)33-27-14-4-7-18-30(27)39-36(40-33)41-31-19-8-5-15-28(31)34-32-25(20-21-37-34)24-13-3-6-17-29(24)38-35(32)41/h1-21H. The fraction of sp³-hybridized carbons (Fsp3) is 0. The van der Waals surface area contributed by atoms with Gasteiger partial charge in [0.25, 0.3) is 0 Å². The predicted molar refractivity (Wildman–Crippen MR) is 167 cm³/mol. The van der Waals surface area contributed by atoms with Crippen molar-refractivity contribution in [3.63, 3.8) is 0 Å². The van der Waals surface area contributed by atoms with Gasteiger partial charge in [-0.2, -0.15) is 0 Å². The van der Waals surface area contributed by atoms with Gasteiger partial charge in [0, 0.05) is 28.1 Å². The van der Waals surface area contributed by atoms with Crippen molar-refractivity contribution < 1.29 is 0 Å². The Morgan fingerprint density at radius 1 is 0.463 bits per heavy atom. The third kappa shape index (κ3) is 3.17. The van der Waals surface area contributed by atoms with E-state index in [0.29, 0.717) is 5.95 Å². The molecule has 1 aliphatic rings. The van der Waals surface area contributed by atoms with Crippen LogP contribution < -0.4 is 4.90 Å². The smallest absolute Gasteiger partial charge is 0.237 e. The summed E-state index contributed by atoms with van der Waals surface area (Å²) in [5.41, 5.74) is 6.70. The summed E-state index contributed by atoms with van der Waals surface area (Å²) < 4.78 is 0. The molecule has 0 radical (unpaired) electrons. The van der Waals surface area contributed by atoms with Crippen LogP contribution in [0, 0.1) is 0 Å². The lowest BCUT2D eigenvalue weighted by atomic mass is 9.96. The summed E-state index contributed by atoms with van der Waals surface area (Å²) in [6.07, 6.45) is 1.89. The first-order chi connectivity index (χ1) is 20.3. The summed E-state index contributed by atoms with van der Waals surface area (Å²) >= 11 is 0. The average Bonchev–Trinajstić information content (AvgIpc) is 3.04. The van der Waals surface area contributed by atoms with Gasteiger partial charge in [-0.05, 0) is 40.4 Å². The third-order valence-corrected chi connectivity index (χ3v) is 8.04. The molecule has 0 saturated heterocycles. The maximum Gasteiger partial charge on any atom is 0.237 e. The molecule has 8 aromatic rings. The SMILES string of the molecule is c1ccc2c(c1)-c1nccc3c1c(nc1ccccc13)N2c1nc(-c2cccc3ccccc23)c2ccccc2n1. The minimum Gasteiger partial charge on any atom is -0.262 e. The number of pyridine rings is 2. The maximum absolute atomic E-state index is 5.34. The largest absolute Gasteiger partial charge is 0.262 e. The average molecular weight is 524 g/mol. The van der Waals surface area contributed by atoms with E-state index in [4.69, 9.17) is 19.9 Å². The van der Waals surface area contributed by atoms with Gasteiger partial charge < -0.3 is 0 Å². The second kappa shape index (κ2) is 8.41. The van der Waals surface area contributed by atoms with Crippen LogP contribution in [0.15, 0.2) is 128 Å². The van der Waals surface area contributed by atoms with Crippen molar-refractivity contribution in [2.75, 3.05) is 4.90 Å². The van der Waals surface area contributed by atoms with Crippen LogP contribution in [-0.2, 0) is 0 Å². The van der Waals surface area contributed by atoms with E-state index >= 15 is 0 Å². The third-order valence-electron chi connectivity index (χ3n) is 8.04. The van der Waals surface area contributed by atoms with Crippen LogP contribution >= 0.6 is 0 Å². The minimum atomic E-state index is 0.581. The highest BCUT2D eigenvalue weighted by Gasteiger charge is 2.31. The molecule has 0 unspecified atom stereocenters. The monoisotopic (exact) mass is 523 g/mol. The molecule has 41 heavy (non-hydrogen) atoms. The van der Waals surface area contributed by atoms with Gasteiger partial charge in [0.05, 0.1) is 33.5 Å². The normalized spacial score (nSPS) is 12.3. The van der Waals surface area contributed by atoms with E-state index in [9.17, 15) is 0 Å². The summed E-state index contributed by atoms with van der Waals surface area (Å²) in [4.78, 5) is 22.7. The van der Waals surface area contributed by atoms with Gasteiger partial charge in [-0.3, -0.25) is 9.88 Å². The highest BCUT2D eigenvalue weighted by molar-refractivity contribution is 6.19. The summed E-state index contributed by atoms with van der Waals surface area (Å²) in [5, 5.41) is 6.57. The number of benzene rings is 5. The van der Waals surface area contributed by atoms with Gasteiger partial charge in [-0.25, -0.2) is 15.0 Å². The Morgan fingerprint density at radius 3 is 2.05 bits per heavy atom. The number of fused-ring (bicyclic) bond motifs is 6. The van der Waals surface area contributed by atoms with Crippen molar-refractivity contribution in [1.82, 2.24) is 19.9 Å². The van der Waals surface area contributed by atoms with Gasteiger partial charge in [-0.15, -0.1) is 0 Å². The Kier molecular flexibility index (Phi) is 4.55. The number of nitrogens with zero attached hydrogens (tertiary/aromatic N) is 5. The van der Waals surface area contributed by atoms with Crippen molar-refractivity contribution in [1.29, 1.82) is 0 Å². The lowest BCUT2D eigenvalue weighted by Crippen LogP contribution is -2.20. The summed E-state index contributed by atoms with van der Waals surface area (Å²) in [7, 11) is 0. The molecule has 0 bridgehead atoms. The Morgan fingerprint density at radius 2 is 1.15 bits per heavy atom. The molecule has 5 aromatic carbocycles. The number of hydrogen-bond acceptors (Lipinski definition) is 5. The van der Waals surface area contributed by atoms with Crippen molar-refractivity contribution in [2.45, 2.75) is 0 Å². The first-order valence-electron chi connectivity index (χ1n) is 13.7. The maximum atomic E-state index is 5.34. The van der Waals surface area contributed by atoms with E-state index in [-0.39, 0.29) is 0 Å². The topological polar surface area (TPSA) is 54.8 Å². The fourth-order valence-electron chi connectivity index (χ4n) is 6.23. The quantitative estimate of drug-likeness (QED) is 0.212. The van der Waals surface area contributed by atoms with Gasteiger partial charge in [0.2, 0.25) is 5.95 Å². The van der Waals surface area contributed by atoms with Crippen LogP contribution in [0.2, 0.25) is 0 Å². The lowest BCUT2D eigenvalue weighted by molar-refractivity contribution is 1.08. The number of aromatic nitrogens is 4. The van der Waals surface area contributed by atoms with E-state index < -0.39 is 0 Å². The fourth-order valence-corrected chi connectivity index (χ4v) is 6.23. The summed E-state index contributed by atoms with van der Waals surface area (Å²) in [6.45, 7) is 0. The highest BCUT2D eigenvalue weighted by atomic mass is 15.3. The van der Waals surface area contributed by atoms with E-state index in [0.717, 1.165) is 72.0 Å². The Hall–Kier alpha value is -5.68. The molecule has 0 amide bonds. The Balaban J connectivity index is 1.41. The molecule has 3 aromatic heterocycles. The van der Waals surface area contributed by atoms with E-state index in [1.54, 1.807) is 0 Å². The molecule has 0 fully saturated rings. The molecule has 9 rings (SSSR count). The van der Waals surface area contributed by atoms with Crippen LogP contribution in [0.1, 0.15) is 0 Å². The zero-order valence-electron chi connectivity index (χ0n) is 21.9. The zero-order chi connectivity index (χ0) is 26.9. The Bertz CT molecular complexity index is 2340. The van der Waals surface area contributed by atoms with Gasteiger partial charge in [-0.1, -0.05) is 97.1 Å². The van der Waals surface area contributed by atoms with Crippen LogP contribution in [0.5, 0.6) is 0 Å². The summed E-state index contributed by atoms with van der Waals surface area (Å²) in [5.74, 6) is 1.37. The van der Waals surface area contributed by atoms with Gasteiger partial charge in [0.1, 0.15) is 0 Å². The predicted octanol–water partition coefficient (Wildman–Crippen LogP) is 9.00. The molecule has 1 aliphatic heterocycles. The van der Waals surface area contributed by atoms with Crippen molar-refractivity contribution in [3.8, 4) is 22.5 Å². The number of rotatable bonds is 2. The molecule has 5 nitrogen and oxygen atoms in total. The second-order valence-electron chi connectivity index (χ2n) is 10.3. The molecule has 0 saturated carbocycles. The molecule has 0 N–H and O–H groups in total. The van der Waals surface area contributed by atoms with Gasteiger partial charge >= 0.3 is 0 Å². The summed E-state index contributed by atoms with van der Waals surface area (Å²) in [6, 6.07) is 41.8. The van der Waals surface area contributed by atoms with Crippen LogP contribution in [0.3, 0.4) is 0 Å². The zero-order valence-corrected chi connectivity index (χ0v) is 21.9. The molecule has 0 spiro atoms. The number of para-hydroxylation sites is 3. The van der Waals surface area contributed by atoms with E-state index in [1.807, 2.05) is 30.5 Å². The van der Waals surface area contributed by atoms with Crippen molar-refractivity contribution in [2.24, 2.45) is 0 Å². The van der Waals surface area contributed by atoms with E-state index in [2.05, 4.69) is 102 Å². The van der Waals surface area contributed by atoms with Gasteiger partial charge in [0.15, 0.2) is 5.82 Å². The molecule has 0 atom stereocenters. The first kappa shape index (κ1) is 22.2. The molecule has 4 heterocycles. The molecular formula is C36H21N5. The molecule has 5 heteroatoms.